The number of hydrogen-bond donors (Lipinski definition) is 2. The second kappa shape index (κ2) is 6.91. The van der Waals surface area contributed by atoms with Gasteiger partial charge in [-0.3, -0.25) is 4.98 Å². The van der Waals surface area contributed by atoms with E-state index in [2.05, 4.69) is 20.2 Å². The van der Waals surface area contributed by atoms with Crippen molar-refractivity contribution in [2.24, 2.45) is 0 Å². The molecule has 9 nitrogen and oxygen atoms in total. The lowest BCUT2D eigenvalue weighted by molar-refractivity contribution is 0.0515. The Hall–Kier alpha value is -1.91. The number of hydrogen-bond acceptors (Lipinski definition) is 6. The van der Waals surface area contributed by atoms with E-state index in [0.29, 0.717) is 23.9 Å². The predicted octanol–water partition coefficient (Wildman–Crippen LogP) is 0.867. The van der Waals surface area contributed by atoms with Gasteiger partial charge >= 0.3 is 5.69 Å². The molecule has 2 aromatic heterocycles. The predicted molar refractivity (Wildman–Crippen MR) is 86.1 cm³/mol. The Morgan fingerprint density at radius 3 is 2.88 bits per heavy atom. The number of aromatic amines is 2. The van der Waals surface area contributed by atoms with Crippen LogP contribution in [0.25, 0.3) is 0 Å². The molecule has 3 rings (SSSR count). The summed E-state index contributed by atoms with van der Waals surface area (Å²) in [5.41, 5.74) is -0.544. The van der Waals surface area contributed by atoms with Gasteiger partial charge in [0.25, 0.3) is 0 Å². The maximum atomic E-state index is 12.6. The van der Waals surface area contributed by atoms with Crippen molar-refractivity contribution in [3.8, 4) is 5.88 Å². The highest BCUT2D eigenvalue weighted by Gasteiger charge is 2.34. The minimum Gasteiger partial charge on any atom is -0.457 e. The molecule has 1 fully saturated rings. The van der Waals surface area contributed by atoms with E-state index in [1.165, 1.54) is 10.5 Å². The third-order valence-corrected chi connectivity index (χ3v) is 5.58. The van der Waals surface area contributed by atoms with Crippen LogP contribution < -0.4 is 10.4 Å². The summed E-state index contributed by atoms with van der Waals surface area (Å²) in [7, 11) is -3.70. The molecule has 2 N–H and O–H groups in total. The summed E-state index contributed by atoms with van der Waals surface area (Å²) in [5, 5.41) is 6.27. The molecule has 0 amide bonds. The molecular formula is C13H16ClN5O4S. The molecule has 0 aromatic carbocycles. The molecule has 1 saturated heterocycles. The normalized spacial score (nSPS) is 19.3. The maximum Gasteiger partial charge on any atom is 0.340 e. The highest BCUT2D eigenvalue weighted by molar-refractivity contribution is 7.88. The number of ether oxygens (including phenoxy) is 1. The number of aromatic nitrogens is 4. The molecule has 3 heterocycles. The number of nitrogens with zero attached hydrogens (tertiary/aromatic N) is 3. The van der Waals surface area contributed by atoms with Crippen LogP contribution >= 0.6 is 11.6 Å². The molecule has 0 aliphatic carbocycles. The van der Waals surface area contributed by atoms with Crippen LogP contribution in [0, 0.1) is 0 Å². The van der Waals surface area contributed by atoms with Crippen LogP contribution in [0.5, 0.6) is 5.88 Å². The lowest BCUT2D eigenvalue weighted by Crippen LogP contribution is -2.47. The summed E-state index contributed by atoms with van der Waals surface area (Å²) < 4.78 is 32.3. The summed E-state index contributed by atoms with van der Waals surface area (Å²) in [4.78, 5) is 17.4. The van der Waals surface area contributed by atoms with Crippen LogP contribution in [0.4, 0.5) is 0 Å². The van der Waals surface area contributed by atoms with E-state index in [4.69, 9.17) is 16.3 Å². The van der Waals surface area contributed by atoms with Crippen LogP contribution in [0.15, 0.2) is 23.1 Å². The number of sulfonamides is 1. The highest BCUT2D eigenvalue weighted by atomic mass is 35.5. The first-order chi connectivity index (χ1) is 11.4. The molecular weight excluding hydrogens is 358 g/mol. The first kappa shape index (κ1) is 16.9. The van der Waals surface area contributed by atoms with Gasteiger partial charge in [0.1, 0.15) is 11.6 Å². The van der Waals surface area contributed by atoms with Crippen molar-refractivity contribution in [2.75, 3.05) is 6.54 Å². The van der Waals surface area contributed by atoms with Crippen LogP contribution in [0.1, 0.15) is 25.1 Å². The molecule has 0 bridgehead atoms. The van der Waals surface area contributed by atoms with Crippen molar-refractivity contribution in [3.63, 3.8) is 0 Å². The third kappa shape index (κ3) is 3.94. The molecule has 0 saturated carbocycles. The molecule has 130 valence electrons. The summed E-state index contributed by atoms with van der Waals surface area (Å²) in [6, 6.07) is 3.22. The average Bonchev–Trinajstić information content (AvgIpc) is 2.94. The Labute approximate surface area is 143 Å². The van der Waals surface area contributed by atoms with E-state index in [-0.39, 0.29) is 5.82 Å². The van der Waals surface area contributed by atoms with Gasteiger partial charge in [-0.25, -0.2) is 23.3 Å². The third-order valence-electron chi connectivity index (χ3n) is 3.58. The van der Waals surface area contributed by atoms with E-state index in [9.17, 15) is 13.2 Å². The van der Waals surface area contributed by atoms with E-state index in [0.717, 1.165) is 12.8 Å². The van der Waals surface area contributed by atoms with Crippen LogP contribution in [-0.2, 0) is 15.8 Å². The van der Waals surface area contributed by atoms with Gasteiger partial charge in [-0.15, -0.1) is 0 Å². The lowest BCUT2D eigenvalue weighted by atomic mass is 10.1. The van der Waals surface area contributed by atoms with Gasteiger partial charge in [0.05, 0.1) is 5.02 Å². The number of rotatable bonds is 5. The van der Waals surface area contributed by atoms with Gasteiger partial charge in [-0.1, -0.05) is 11.6 Å². The molecule has 2 aromatic rings. The van der Waals surface area contributed by atoms with E-state index < -0.39 is 27.7 Å². The quantitative estimate of drug-likeness (QED) is 0.802. The Morgan fingerprint density at radius 2 is 2.21 bits per heavy atom. The van der Waals surface area contributed by atoms with E-state index >= 15 is 0 Å². The second-order valence-corrected chi connectivity index (χ2v) is 7.73. The van der Waals surface area contributed by atoms with Gasteiger partial charge in [0.15, 0.2) is 6.23 Å². The first-order valence-electron chi connectivity index (χ1n) is 7.35. The van der Waals surface area contributed by atoms with Crippen molar-refractivity contribution >= 4 is 21.6 Å². The van der Waals surface area contributed by atoms with Crippen LogP contribution in [0.3, 0.4) is 0 Å². The van der Waals surface area contributed by atoms with Crippen LogP contribution in [0.2, 0.25) is 5.02 Å². The Balaban J connectivity index is 1.77. The number of piperidine rings is 1. The SMILES string of the molecule is O=c1[nH]nc(CS(=O)(=O)N2CCCCC2Oc2ccc(Cl)cn2)[nH]1. The van der Waals surface area contributed by atoms with Crippen LogP contribution in [-0.4, -0.2) is 45.7 Å². The summed E-state index contributed by atoms with van der Waals surface area (Å²) in [6.45, 7) is 0.343. The molecule has 1 aliphatic rings. The van der Waals surface area contributed by atoms with Gasteiger partial charge in [-0.05, 0) is 25.3 Å². The second-order valence-electron chi connectivity index (χ2n) is 5.37. The summed E-state index contributed by atoms with van der Waals surface area (Å²) in [5.74, 6) is -0.0340. The van der Waals surface area contributed by atoms with E-state index in [1.54, 1.807) is 12.1 Å². The van der Waals surface area contributed by atoms with Crippen molar-refractivity contribution in [1.29, 1.82) is 0 Å². The minimum atomic E-state index is -3.70. The Kier molecular flexibility index (Phi) is 4.88. The molecule has 1 unspecified atom stereocenters. The van der Waals surface area contributed by atoms with Crippen molar-refractivity contribution in [3.05, 3.63) is 39.7 Å². The van der Waals surface area contributed by atoms with Gasteiger partial charge < -0.3 is 4.74 Å². The number of halogens is 1. The molecule has 1 atom stereocenters. The van der Waals surface area contributed by atoms with Crippen molar-refractivity contribution in [2.45, 2.75) is 31.2 Å². The average molecular weight is 374 g/mol. The topological polar surface area (TPSA) is 121 Å². The smallest absolute Gasteiger partial charge is 0.340 e. The largest absolute Gasteiger partial charge is 0.457 e. The zero-order valence-electron chi connectivity index (χ0n) is 12.6. The summed E-state index contributed by atoms with van der Waals surface area (Å²) >= 11 is 5.78. The van der Waals surface area contributed by atoms with Gasteiger partial charge in [0.2, 0.25) is 15.9 Å². The lowest BCUT2D eigenvalue weighted by Gasteiger charge is -2.33. The fourth-order valence-electron chi connectivity index (χ4n) is 2.51. The maximum absolute atomic E-state index is 12.6. The fraction of sp³-hybridized carbons (Fsp3) is 0.462. The van der Waals surface area contributed by atoms with Gasteiger partial charge in [-0.2, -0.15) is 9.40 Å². The number of H-pyrrole nitrogens is 2. The highest BCUT2D eigenvalue weighted by Crippen LogP contribution is 2.24. The Morgan fingerprint density at radius 1 is 1.38 bits per heavy atom. The van der Waals surface area contributed by atoms with Crippen molar-refractivity contribution < 1.29 is 13.2 Å². The van der Waals surface area contributed by atoms with Gasteiger partial charge in [0, 0.05) is 18.8 Å². The minimum absolute atomic E-state index is 0.0638. The molecule has 0 spiro atoms. The zero-order chi connectivity index (χ0) is 17.2. The number of pyridine rings is 1. The van der Waals surface area contributed by atoms with Crippen molar-refractivity contribution in [1.82, 2.24) is 24.5 Å². The first-order valence-corrected chi connectivity index (χ1v) is 9.34. The monoisotopic (exact) mass is 373 g/mol. The molecule has 0 radical (unpaired) electrons. The van der Waals surface area contributed by atoms with E-state index in [1.807, 2.05) is 0 Å². The zero-order valence-corrected chi connectivity index (χ0v) is 14.2. The Bertz CT molecular complexity index is 848. The molecule has 24 heavy (non-hydrogen) atoms. The summed E-state index contributed by atoms with van der Waals surface area (Å²) in [6.07, 6.45) is 2.93. The molecule has 1 aliphatic heterocycles. The molecule has 11 heteroatoms. The number of nitrogens with one attached hydrogen (secondary N) is 2. The standard InChI is InChI=1S/C13H16ClN5O4S/c14-9-4-5-11(15-7-9)23-12-3-1-2-6-19(12)24(21,22)8-10-16-13(20)18-17-10/h4-5,7,12H,1-3,6,8H2,(H2,16,17,18,20). The fourth-order valence-corrected chi connectivity index (χ4v) is 4.18.